The molecule has 2 aromatic rings. The molecule has 0 unspecified atom stereocenters. The highest BCUT2D eigenvalue weighted by Crippen LogP contribution is 2.35. The maximum absolute atomic E-state index is 12.5. The number of hydrogen-bond acceptors (Lipinski definition) is 6. The third kappa shape index (κ3) is 4.08. The van der Waals surface area contributed by atoms with Gasteiger partial charge in [0.25, 0.3) is 5.91 Å². The molecule has 7 nitrogen and oxygen atoms in total. The number of amides is 1. The van der Waals surface area contributed by atoms with Crippen molar-refractivity contribution in [2.75, 3.05) is 50.7 Å². The Balaban J connectivity index is 1.73. The molecule has 1 aliphatic rings. The molecular weight excluding hydrogens is 402 g/mol. The molecule has 8 heteroatoms. The molecule has 1 aromatic heterocycles. The number of ether oxygens (including phenoxy) is 3. The van der Waals surface area contributed by atoms with Crippen LogP contribution >= 0.6 is 15.9 Å². The lowest BCUT2D eigenvalue weighted by molar-refractivity contribution is 0.102. The van der Waals surface area contributed by atoms with Gasteiger partial charge < -0.3 is 24.4 Å². The van der Waals surface area contributed by atoms with E-state index in [0.717, 1.165) is 18.8 Å². The minimum atomic E-state index is -0.291. The average Bonchev–Trinajstić information content (AvgIpc) is 2.69. The fourth-order valence-corrected chi connectivity index (χ4v) is 3.21. The van der Waals surface area contributed by atoms with Crippen molar-refractivity contribution in [3.05, 3.63) is 40.5 Å². The van der Waals surface area contributed by atoms with Gasteiger partial charge in [-0.05, 0) is 40.2 Å². The SMILES string of the molecule is COc1cc(C(=O)Nc2ccc(N3CCOCC3)cn2)cc(OC)c1Br. The fraction of sp³-hybridized carbons (Fsp3) is 0.333. The summed E-state index contributed by atoms with van der Waals surface area (Å²) in [6.45, 7) is 3.11. The number of nitrogens with zero attached hydrogens (tertiary/aromatic N) is 2. The number of hydrogen-bond donors (Lipinski definition) is 1. The van der Waals surface area contributed by atoms with Crippen molar-refractivity contribution in [2.24, 2.45) is 0 Å². The molecule has 138 valence electrons. The van der Waals surface area contributed by atoms with E-state index in [0.29, 0.717) is 40.6 Å². The Labute approximate surface area is 160 Å². The van der Waals surface area contributed by atoms with Crippen molar-refractivity contribution in [3.8, 4) is 11.5 Å². The molecule has 2 heterocycles. The Morgan fingerprint density at radius 2 is 1.85 bits per heavy atom. The second-order valence-electron chi connectivity index (χ2n) is 5.65. The van der Waals surface area contributed by atoms with E-state index >= 15 is 0 Å². The molecule has 0 atom stereocenters. The second-order valence-corrected chi connectivity index (χ2v) is 6.44. The number of carbonyl (C=O) groups is 1. The second kappa shape index (κ2) is 8.37. The van der Waals surface area contributed by atoms with E-state index in [1.807, 2.05) is 6.07 Å². The largest absolute Gasteiger partial charge is 0.495 e. The van der Waals surface area contributed by atoms with Gasteiger partial charge in [0.1, 0.15) is 21.8 Å². The molecule has 0 bridgehead atoms. The zero-order valence-corrected chi connectivity index (χ0v) is 16.2. The summed E-state index contributed by atoms with van der Waals surface area (Å²) in [5.74, 6) is 1.23. The number of anilines is 2. The van der Waals surface area contributed by atoms with Crippen LogP contribution < -0.4 is 19.7 Å². The molecule has 26 heavy (non-hydrogen) atoms. The summed E-state index contributed by atoms with van der Waals surface area (Å²) in [6.07, 6.45) is 1.75. The highest BCUT2D eigenvalue weighted by atomic mass is 79.9. The summed E-state index contributed by atoms with van der Waals surface area (Å²) in [4.78, 5) is 19.1. The van der Waals surface area contributed by atoms with Crippen molar-refractivity contribution in [1.29, 1.82) is 0 Å². The minimum absolute atomic E-state index is 0.291. The van der Waals surface area contributed by atoms with Crippen LogP contribution in [0.4, 0.5) is 11.5 Å². The number of carbonyl (C=O) groups excluding carboxylic acids is 1. The van der Waals surface area contributed by atoms with E-state index in [4.69, 9.17) is 14.2 Å². The first kappa shape index (κ1) is 18.5. The molecule has 1 amide bonds. The molecule has 1 fully saturated rings. The zero-order chi connectivity index (χ0) is 18.5. The smallest absolute Gasteiger partial charge is 0.257 e. The maximum Gasteiger partial charge on any atom is 0.257 e. The molecular formula is C18H20BrN3O4. The number of halogens is 1. The monoisotopic (exact) mass is 421 g/mol. The quantitative estimate of drug-likeness (QED) is 0.799. The summed E-state index contributed by atoms with van der Waals surface area (Å²) in [5, 5.41) is 2.79. The van der Waals surface area contributed by atoms with Gasteiger partial charge in [-0.25, -0.2) is 4.98 Å². The van der Waals surface area contributed by atoms with E-state index in [2.05, 4.69) is 31.1 Å². The molecule has 3 rings (SSSR count). The van der Waals surface area contributed by atoms with Gasteiger partial charge in [0.05, 0.1) is 39.3 Å². The molecule has 0 saturated carbocycles. The molecule has 0 radical (unpaired) electrons. The van der Waals surface area contributed by atoms with Gasteiger partial charge in [0.2, 0.25) is 0 Å². The number of rotatable bonds is 5. The van der Waals surface area contributed by atoms with E-state index in [1.165, 1.54) is 14.2 Å². The summed E-state index contributed by atoms with van der Waals surface area (Å²) < 4.78 is 16.6. The van der Waals surface area contributed by atoms with Gasteiger partial charge >= 0.3 is 0 Å². The Kier molecular flexibility index (Phi) is 5.95. The van der Waals surface area contributed by atoms with Crippen LogP contribution in [-0.2, 0) is 4.74 Å². The lowest BCUT2D eigenvalue weighted by Gasteiger charge is -2.28. The third-order valence-corrected chi connectivity index (χ3v) is 4.86. The van der Waals surface area contributed by atoms with Crippen molar-refractivity contribution in [2.45, 2.75) is 0 Å². The minimum Gasteiger partial charge on any atom is -0.495 e. The number of nitrogens with one attached hydrogen (secondary N) is 1. The number of morpholine rings is 1. The normalized spacial score (nSPS) is 14.0. The van der Waals surface area contributed by atoms with Gasteiger partial charge in [0, 0.05) is 18.7 Å². The predicted octanol–water partition coefficient (Wildman–Crippen LogP) is 2.95. The Morgan fingerprint density at radius 1 is 1.19 bits per heavy atom. The van der Waals surface area contributed by atoms with Gasteiger partial charge in [-0.3, -0.25) is 4.79 Å². The van der Waals surface area contributed by atoms with E-state index in [9.17, 15) is 4.79 Å². The first-order valence-corrected chi connectivity index (χ1v) is 8.93. The van der Waals surface area contributed by atoms with Crippen LogP contribution in [0.5, 0.6) is 11.5 Å². The lowest BCUT2D eigenvalue weighted by Crippen LogP contribution is -2.36. The summed E-state index contributed by atoms with van der Waals surface area (Å²) in [5.41, 5.74) is 1.43. The third-order valence-electron chi connectivity index (χ3n) is 4.07. The van der Waals surface area contributed by atoms with Crippen LogP contribution in [-0.4, -0.2) is 51.4 Å². The predicted molar refractivity (Wildman–Crippen MR) is 102 cm³/mol. The summed E-state index contributed by atoms with van der Waals surface area (Å²) in [6, 6.07) is 7.01. The topological polar surface area (TPSA) is 72.9 Å². The van der Waals surface area contributed by atoms with Crippen LogP contribution in [0.15, 0.2) is 34.9 Å². The zero-order valence-electron chi connectivity index (χ0n) is 14.6. The molecule has 1 saturated heterocycles. The first-order chi connectivity index (χ1) is 12.6. The van der Waals surface area contributed by atoms with Crippen LogP contribution in [0.1, 0.15) is 10.4 Å². The van der Waals surface area contributed by atoms with E-state index < -0.39 is 0 Å². The molecule has 1 aromatic carbocycles. The molecule has 1 aliphatic heterocycles. The number of methoxy groups -OCH3 is 2. The van der Waals surface area contributed by atoms with Crippen molar-refractivity contribution in [3.63, 3.8) is 0 Å². The first-order valence-electron chi connectivity index (χ1n) is 8.14. The van der Waals surface area contributed by atoms with Crippen LogP contribution in [0.2, 0.25) is 0 Å². The van der Waals surface area contributed by atoms with Gasteiger partial charge in [0.15, 0.2) is 0 Å². The molecule has 0 aliphatic carbocycles. The summed E-state index contributed by atoms with van der Waals surface area (Å²) >= 11 is 3.39. The number of benzene rings is 1. The molecule has 1 N–H and O–H groups in total. The van der Waals surface area contributed by atoms with Gasteiger partial charge in [-0.2, -0.15) is 0 Å². The number of pyridine rings is 1. The Hall–Kier alpha value is -2.32. The number of aromatic nitrogens is 1. The highest BCUT2D eigenvalue weighted by Gasteiger charge is 2.16. The molecule has 0 spiro atoms. The summed E-state index contributed by atoms with van der Waals surface area (Å²) in [7, 11) is 3.07. The standard InChI is InChI=1S/C18H20BrN3O4/c1-24-14-9-12(10-15(25-2)17(14)19)18(23)21-16-4-3-13(11-20-16)22-5-7-26-8-6-22/h3-4,9-11H,5-8H2,1-2H3,(H,20,21,23). The lowest BCUT2D eigenvalue weighted by atomic mass is 10.2. The van der Waals surface area contributed by atoms with Crippen molar-refractivity contribution >= 4 is 33.3 Å². The Bertz CT molecular complexity index is 752. The maximum atomic E-state index is 12.5. The van der Waals surface area contributed by atoms with Crippen molar-refractivity contribution < 1.29 is 19.0 Å². The van der Waals surface area contributed by atoms with Gasteiger partial charge in [-0.1, -0.05) is 0 Å². The van der Waals surface area contributed by atoms with Crippen LogP contribution in [0, 0.1) is 0 Å². The average molecular weight is 422 g/mol. The van der Waals surface area contributed by atoms with Crippen LogP contribution in [0.3, 0.4) is 0 Å². The van der Waals surface area contributed by atoms with Crippen LogP contribution in [0.25, 0.3) is 0 Å². The van der Waals surface area contributed by atoms with E-state index in [1.54, 1.807) is 24.4 Å². The van der Waals surface area contributed by atoms with Crippen molar-refractivity contribution in [1.82, 2.24) is 4.98 Å². The fourth-order valence-electron chi connectivity index (χ4n) is 2.66. The van der Waals surface area contributed by atoms with Gasteiger partial charge in [-0.15, -0.1) is 0 Å². The highest BCUT2D eigenvalue weighted by molar-refractivity contribution is 9.10. The Morgan fingerprint density at radius 3 is 2.38 bits per heavy atom. The van der Waals surface area contributed by atoms with E-state index in [-0.39, 0.29) is 5.91 Å².